The fourth-order valence-corrected chi connectivity index (χ4v) is 4.47. The fraction of sp³-hybridized carbons (Fsp3) is 0.423. The molecule has 1 N–H and O–H groups in total. The van der Waals surface area contributed by atoms with Crippen LogP contribution in [0, 0.1) is 12.8 Å². The monoisotopic (exact) mass is 419 g/mol. The lowest BCUT2D eigenvalue weighted by Crippen LogP contribution is -2.38. The smallest absolute Gasteiger partial charge is 0.129 e. The molecule has 1 aliphatic rings. The second kappa shape index (κ2) is 10.7. The number of benzene rings is 1. The van der Waals surface area contributed by atoms with E-state index in [1.54, 1.807) is 0 Å². The molecule has 1 saturated heterocycles. The number of likely N-dealkylation sites (tertiary alicyclic amines) is 1. The Labute approximate surface area is 185 Å². The van der Waals surface area contributed by atoms with Gasteiger partial charge in [0.15, 0.2) is 0 Å². The van der Waals surface area contributed by atoms with Crippen LogP contribution in [0.2, 0.25) is 0 Å². The Bertz CT molecular complexity index is 933. The molecule has 31 heavy (non-hydrogen) atoms. The van der Waals surface area contributed by atoms with Gasteiger partial charge in [-0.3, -0.25) is 14.8 Å². The van der Waals surface area contributed by atoms with Gasteiger partial charge in [0, 0.05) is 32.0 Å². The number of piperidine rings is 1. The zero-order valence-corrected chi connectivity index (χ0v) is 18.4. The van der Waals surface area contributed by atoms with Gasteiger partial charge in [-0.25, -0.2) is 0 Å². The second-order valence-electron chi connectivity index (χ2n) is 8.70. The van der Waals surface area contributed by atoms with Crippen LogP contribution in [0.3, 0.4) is 0 Å². The Morgan fingerprint density at radius 2 is 1.84 bits per heavy atom. The van der Waals surface area contributed by atoms with Gasteiger partial charge >= 0.3 is 0 Å². The van der Waals surface area contributed by atoms with Crippen molar-refractivity contribution in [1.82, 2.24) is 14.8 Å². The van der Waals surface area contributed by atoms with E-state index in [2.05, 4.69) is 52.0 Å². The highest BCUT2D eigenvalue weighted by atomic mass is 16.4. The van der Waals surface area contributed by atoms with Crippen molar-refractivity contribution < 1.29 is 9.52 Å². The summed E-state index contributed by atoms with van der Waals surface area (Å²) in [5, 5.41) is 9.31. The van der Waals surface area contributed by atoms with Gasteiger partial charge in [0.2, 0.25) is 0 Å². The van der Waals surface area contributed by atoms with Gasteiger partial charge in [-0.2, -0.15) is 0 Å². The Morgan fingerprint density at radius 1 is 1.03 bits per heavy atom. The number of nitrogens with zero attached hydrogens (tertiary/aromatic N) is 3. The van der Waals surface area contributed by atoms with Gasteiger partial charge in [0.1, 0.15) is 18.1 Å². The summed E-state index contributed by atoms with van der Waals surface area (Å²) in [5.74, 6) is 2.21. The van der Waals surface area contributed by atoms with Crippen molar-refractivity contribution in [2.24, 2.45) is 5.92 Å². The van der Waals surface area contributed by atoms with Crippen molar-refractivity contribution in [3.05, 3.63) is 89.1 Å². The molecule has 0 radical (unpaired) electrons. The first-order chi connectivity index (χ1) is 15.2. The van der Waals surface area contributed by atoms with Gasteiger partial charge in [-0.15, -0.1) is 0 Å². The lowest BCUT2D eigenvalue weighted by atomic mass is 9.95. The minimum absolute atomic E-state index is 0.0536. The molecule has 5 heteroatoms. The molecule has 5 nitrogen and oxygen atoms in total. The summed E-state index contributed by atoms with van der Waals surface area (Å²) >= 11 is 0. The van der Waals surface area contributed by atoms with Crippen LogP contribution in [-0.4, -0.2) is 39.5 Å². The first-order valence-electron chi connectivity index (χ1n) is 11.3. The summed E-state index contributed by atoms with van der Waals surface area (Å²) in [6, 6.07) is 16.7. The third kappa shape index (κ3) is 6.26. The van der Waals surface area contributed by atoms with Crippen LogP contribution in [0.4, 0.5) is 0 Å². The Hall–Kier alpha value is -2.47. The Morgan fingerprint density at radius 3 is 2.55 bits per heavy atom. The predicted octanol–water partition coefficient (Wildman–Crippen LogP) is 4.39. The SMILES string of the molecule is Cc1ccccc1CN1CCC(CN(Cc2cccnc2)Cc2ccc(CO)o2)CC1. The standard InChI is InChI=1S/C26H33N3O2/c1-21-5-2-3-7-24(21)18-28-13-10-22(11-14-28)16-29(17-23-6-4-12-27-15-23)19-25-8-9-26(20-30)31-25/h2-9,12,15,22,30H,10-11,13-14,16-20H2,1H3. The highest BCUT2D eigenvalue weighted by molar-refractivity contribution is 5.25. The molecular weight excluding hydrogens is 386 g/mol. The number of hydrogen-bond donors (Lipinski definition) is 1. The van der Waals surface area contributed by atoms with Crippen molar-refractivity contribution in [3.63, 3.8) is 0 Å². The van der Waals surface area contributed by atoms with Crippen molar-refractivity contribution in [1.29, 1.82) is 0 Å². The Balaban J connectivity index is 1.34. The average molecular weight is 420 g/mol. The highest BCUT2D eigenvalue weighted by Gasteiger charge is 2.22. The molecule has 3 heterocycles. The van der Waals surface area contributed by atoms with Gasteiger partial charge in [-0.05, 0) is 73.7 Å². The van der Waals surface area contributed by atoms with E-state index < -0.39 is 0 Å². The molecule has 0 bridgehead atoms. The number of aliphatic hydroxyl groups excluding tert-OH is 1. The first kappa shape index (κ1) is 21.8. The first-order valence-corrected chi connectivity index (χ1v) is 11.3. The van der Waals surface area contributed by atoms with Crippen LogP contribution in [0.15, 0.2) is 65.3 Å². The summed E-state index contributed by atoms with van der Waals surface area (Å²) in [7, 11) is 0. The maximum Gasteiger partial charge on any atom is 0.129 e. The van der Waals surface area contributed by atoms with E-state index in [1.807, 2.05) is 30.6 Å². The van der Waals surface area contributed by atoms with Gasteiger partial charge < -0.3 is 9.52 Å². The normalized spacial score (nSPS) is 15.6. The van der Waals surface area contributed by atoms with Gasteiger partial charge in [0.05, 0.1) is 6.54 Å². The topological polar surface area (TPSA) is 52.7 Å². The van der Waals surface area contributed by atoms with E-state index >= 15 is 0 Å². The maximum atomic E-state index is 9.31. The third-order valence-corrected chi connectivity index (χ3v) is 6.26. The van der Waals surface area contributed by atoms with Crippen molar-refractivity contribution >= 4 is 0 Å². The lowest BCUT2D eigenvalue weighted by Gasteiger charge is -2.35. The van der Waals surface area contributed by atoms with E-state index in [1.165, 1.54) is 29.5 Å². The molecule has 0 unspecified atom stereocenters. The minimum atomic E-state index is -0.0536. The van der Waals surface area contributed by atoms with E-state index in [-0.39, 0.29) is 6.61 Å². The molecule has 4 rings (SSSR count). The molecule has 0 spiro atoms. The zero-order valence-electron chi connectivity index (χ0n) is 18.4. The fourth-order valence-electron chi connectivity index (χ4n) is 4.47. The number of rotatable bonds is 9. The number of aryl methyl sites for hydroxylation is 1. The molecule has 1 fully saturated rings. The summed E-state index contributed by atoms with van der Waals surface area (Å²) in [5.41, 5.74) is 4.04. The quantitative estimate of drug-likeness (QED) is 0.557. The van der Waals surface area contributed by atoms with Crippen molar-refractivity contribution in [2.75, 3.05) is 19.6 Å². The van der Waals surface area contributed by atoms with Crippen LogP contribution >= 0.6 is 0 Å². The molecule has 0 atom stereocenters. The molecule has 3 aromatic rings. The van der Waals surface area contributed by atoms with Crippen LogP contribution in [-0.2, 0) is 26.2 Å². The maximum absolute atomic E-state index is 9.31. The number of pyridine rings is 1. The average Bonchev–Trinajstić information content (AvgIpc) is 3.25. The lowest BCUT2D eigenvalue weighted by molar-refractivity contribution is 0.126. The van der Waals surface area contributed by atoms with E-state index in [0.717, 1.165) is 45.0 Å². The number of aromatic nitrogens is 1. The van der Waals surface area contributed by atoms with Crippen LogP contribution in [0.25, 0.3) is 0 Å². The Kier molecular flexibility index (Phi) is 7.52. The zero-order chi connectivity index (χ0) is 21.5. The van der Waals surface area contributed by atoms with Crippen LogP contribution in [0.1, 0.15) is 41.1 Å². The summed E-state index contributed by atoms with van der Waals surface area (Å²) in [4.78, 5) is 9.32. The minimum Gasteiger partial charge on any atom is -0.462 e. The van der Waals surface area contributed by atoms with Crippen LogP contribution < -0.4 is 0 Å². The number of furan rings is 1. The van der Waals surface area contributed by atoms with Crippen molar-refractivity contribution in [3.8, 4) is 0 Å². The largest absolute Gasteiger partial charge is 0.462 e. The summed E-state index contributed by atoms with van der Waals surface area (Å²) in [6.07, 6.45) is 6.20. The molecule has 0 amide bonds. The highest BCUT2D eigenvalue weighted by Crippen LogP contribution is 2.23. The molecule has 2 aromatic heterocycles. The van der Waals surface area contributed by atoms with Crippen LogP contribution in [0.5, 0.6) is 0 Å². The molecule has 0 aliphatic carbocycles. The van der Waals surface area contributed by atoms with Gasteiger partial charge in [-0.1, -0.05) is 30.3 Å². The van der Waals surface area contributed by atoms with Crippen molar-refractivity contribution in [2.45, 2.75) is 46.0 Å². The number of hydrogen-bond acceptors (Lipinski definition) is 5. The molecule has 1 aliphatic heterocycles. The van der Waals surface area contributed by atoms with E-state index in [4.69, 9.17) is 4.42 Å². The molecule has 0 saturated carbocycles. The third-order valence-electron chi connectivity index (χ3n) is 6.26. The molecular formula is C26H33N3O2. The summed E-state index contributed by atoms with van der Waals surface area (Å²) < 4.78 is 5.77. The molecule has 1 aromatic carbocycles. The predicted molar refractivity (Wildman–Crippen MR) is 122 cm³/mol. The number of aliphatic hydroxyl groups is 1. The van der Waals surface area contributed by atoms with E-state index in [0.29, 0.717) is 11.7 Å². The van der Waals surface area contributed by atoms with Gasteiger partial charge in [0.25, 0.3) is 0 Å². The second-order valence-corrected chi connectivity index (χ2v) is 8.70. The van der Waals surface area contributed by atoms with E-state index in [9.17, 15) is 5.11 Å². The summed E-state index contributed by atoms with van der Waals surface area (Å²) in [6.45, 7) is 8.14. The molecule has 164 valence electrons.